The van der Waals surface area contributed by atoms with Crippen molar-refractivity contribution in [1.29, 1.82) is 0 Å². The molecule has 0 saturated heterocycles. The van der Waals surface area contributed by atoms with Gasteiger partial charge in [-0.05, 0) is 6.42 Å². The molecule has 0 saturated carbocycles. The van der Waals surface area contributed by atoms with Crippen LogP contribution in [0.4, 0.5) is 0 Å². The summed E-state index contributed by atoms with van der Waals surface area (Å²) >= 11 is 0. The van der Waals surface area contributed by atoms with E-state index in [-0.39, 0.29) is 0 Å². The van der Waals surface area contributed by atoms with Crippen LogP contribution in [0.25, 0.3) is 0 Å². The maximum Gasteiger partial charge on any atom is 0.166 e. The third-order valence-electron chi connectivity index (χ3n) is 0.790. The van der Waals surface area contributed by atoms with Gasteiger partial charge in [0.2, 0.25) is 0 Å². The number of hydrogen-bond acceptors (Lipinski definition) is 3. The second-order valence-corrected chi connectivity index (χ2v) is 2.72. The molecule has 50 valence electrons. The lowest BCUT2D eigenvalue weighted by Crippen LogP contribution is -2.06. The van der Waals surface area contributed by atoms with E-state index < -0.39 is 16.1 Å². The van der Waals surface area contributed by atoms with Gasteiger partial charge in [-0.25, -0.2) is 8.42 Å². The van der Waals surface area contributed by atoms with Gasteiger partial charge < -0.3 is 5.11 Å². The number of aliphatic hydroxyl groups is 1. The van der Waals surface area contributed by atoms with Crippen molar-refractivity contribution in [3.63, 3.8) is 0 Å². The Morgan fingerprint density at radius 2 is 2.12 bits per heavy atom. The van der Waals surface area contributed by atoms with Crippen molar-refractivity contribution in [3.8, 4) is 0 Å². The van der Waals surface area contributed by atoms with E-state index in [0.717, 1.165) is 0 Å². The number of aliphatic hydroxyl groups excluding tert-OH is 1. The predicted molar refractivity (Wildman–Crippen MR) is 31.2 cm³/mol. The van der Waals surface area contributed by atoms with Crippen molar-refractivity contribution in [1.82, 2.24) is 0 Å². The van der Waals surface area contributed by atoms with Gasteiger partial charge in [0.25, 0.3) is 0 Å². The molecule has 0 spiro atoms. The van der Waals surface area contributed by atoms with Gasteiger partial charge in [0.15, 0.2) is 16.1 Å². The topological polar surface area (TPSA) is 54.4 Å². The highest BCUT2D eigenvalue weighted by molar-refractivity contribution is 7.72. The smallest absolute Gasteiger partial charge is 0.166 e. The van der Waals surface area contributed by atoms with Gasteiger partial charge in [0.1, 0.15) is 0 Å². The van der Waals surface area contributed by atoms with Crippen molar-refractivity contribution < 1.29 is 13.5 Å². The van der Waals surface area contributed by atoms with Crippen LogP contribution in [-0.4, -0.2) is 19.0 Å². The van der Waals surface area contributed by atoms with Crippen molar-refractivity contribution in [3.05, 3.63) is 0 Å². The first-order valence-corrected chi connectivity index (χ1v) is 3.74. The number of hydrogen-bond donors (Lipinski definition) is 2. The Bertz CT molecular complexity index is 110. The first kappa shape index (κ1) is 7.91. The van der Waals surface area contributed by atoms with E-state index in [1.165, 1.54) is 0 Å². The zero-order valence-corrected chi connectivity index (χ0v) is 5.60. The van der Waals surface area contributed by atoms with Crippen molar-refractivity contribution in [2.24, 2.45) is 0 Å². The van der Waals surface area contributed by atoms with Crippen LogP contribution in [0.1, 0.15) is 19.8 Å². The zero-order valence-electron chi connectivity index (χ0n) is 4.70. The lowest BCUT2D eigenvalue weighted by molar-refractivity contribution is 0.241. The molecule has 0 aliphatic heterocycles. The molecule has 1 unspecified atom stereocenters. The van der Waals surface area contributed by atoms with Crippen LogP contribution in [0.3, 0.4) is 0 Å². The molecule has 0 radical (unpaired) electrons. The van der Waals surface area contributed by atoms with Gasteiger partial charge in [-0.1, -0.05) is 13.3 Å². The highest BCUT2D eigenvalue weighted by Gasteiger charge is 2.01. The normalized spacial score (nSPS) is 14.4. The Morgan fingerprint density at radius 3 is 2.25 bits per heavy atom. The largest absolute Gasteiger partial charge is 0.377 e. The lowest BCUT2D eigenvalue weighted by atomic mass is 10.4. The van der Waals surface area contributed by atoms with E-state index in [9.17, 15) is 8.42 Å². The molecule has 8 heavy (non-hydrogen) atoms. The van der Waals surface area contributed by atoms with Gasteiger partial charge in [-0.3, -0.25) is 0 Å². The summed E-state index contributed by atoms with van der Waals surface area (Å²) < 4.78 is 19.8. The van der Waals surface area contributed by atoms with Crippen LogP contribution < -0.4 is 0 Å². The molecule has 0 aliphatic carbocycles. The molecule has 0 heterocycles. The SMILES string of the molecule is CCCC(O)[SH](=O)=O. The molecule has 0 amide bonds. The molecular weight excluding hydrogens is 128 g/mol. The Balaban J connectivity index is 3.48. The van der Waals surface area contributed by atoms with Crippen LogP contribution in [0.5, 0.6) is 0 Å². The summed E-state index contributed by atoms with van der Waals surface area (Å²) in [6.45, 7) is 1.82. The molecule has 0 rings (SSSR count). The minimum absolute atomic E-state index is 0.346. The van der Waals surface area contributed by atoms with E-state index in [4.69, 9.17) is 5.11 Å². The van der Waals surface area contributed by atoms with Crippen LogP contribution >= 0.6 is 0 Å². The summed E-state index contributed by atoms with van der Waals surface area (Å²) in [6.07, 6.45) is 1.04. The molecule has 0 aromatic carbocycles. The van der Waals surface area contributed by atoms with Gasteiger partial charge in [0, 0.05) is 0 Å². The zero-order chi connectivity index (χ0) is 6.57. The summed E-state index contributed by atoms with van der Waals surface area (Å²) in [5.41, 5.74) is -1.13. The molecule has 0 bridgehead atoms. The van der Waals surface area contributed by atoms with E-state index in [1.54, 1.807) is 0 Å². The van der Waals surface area contributed by atoms with E-state index in [2.05, 4.69) is 0 Å². The Labute approximate surface area is 50.3 Å². The Hall–Kier alpha value is -0.0900. The van der Waals surface area contributed by atoms with Crippen LogP contribution in [0.2, 0.25) is 0 Å². The molecule has 0 aromatic rings. The lowest BCUT2D eigenvalue weighted by Gasteiger charge is -1.95. The second kappa shape index (κ2) is 3.86. The summed E-state index contributed by atoms with van der Waals surface area (Å²) in [5.74, 6) is 0. The van der Waals surface area contributed by atoms with Crippen LogP contribution in [0, 0.1) is 0 Å². The summed E-state index contributed by atoms with van der Waals surface area (Å²) in [5, 5.41) is 8.53. The van der Waals surface area contributed by atoms with Crippen molar-refractivity contribution >= 4 is 10.7 Å². The third kappa shape index (κ3) is 2.98. The van der Waals surface area contributed by atoms with Crippen molar-refractivity contribution in [2.75, 3.05) is 0 Å². The highest BCUT2D eigenvalue weighted by atomic mass is 32.2. The fourth-order valence-corrected chi connectivity index (χ4v) is 0.833. The van der Waals surface area contributed by atoms with Gasteiger partial charge in [-0.2, -0.15) is 0 Å². The predicted octanol–water partition coefficient (Wildman–Crippen LogP) is -0.284. The molecule has 3 nitrogen and oxygen atoms in total. The maximum atomic E-state index is 9.88. The molecule has 4 heteroatoms. The Kier molecular flexibility index (Phi) is 3.81. The average molecular weight is 138 g/mol. The highest BCUT2D eigenvalue weighted by Crippen LogP contribution is 1.94. The first-order valence-electron chi connectivity index (χ1n) is 2.50. The molecule has 0 aromatic heterocycles. The minimum atomic E-state index is -2.61. The van der Waals surface area contributed by atoms with Crippen LogP contribution in [-0.2, 0) is 10.7 Å². The second-order valence-electron chi connectivity index (χ2n) is 1.55. The number of rotatable bonds is 3. The van der Waals surface area contributed by atoms with Gasteiger partial charge >= 0.3 is 0 Å². The van der Waals surface area contributed by atoms with Gasteiger partial charge in [0.05, 0.1) is 0 Å². The van der Waals surface area contributed by atoms with E-state index in [1.807, 2.05) is 6.92 Å². The van der Waals surface area contributed by atoms with Crippen molar-refractivity contribution in [2.45, 2.75) is 25.2 Å². The number of thiol groups is 1. The molecule has 0 aliphatic rings. The monoisotopic (exact) mass is 138 g/mol. The maximum absolute atomic E-state index is 9.88. The van der Waals surface area contributed by atoms with E-state index in [0.29, 0.717) is 12.8 Å². The third-order valence-corrected chi connectivity index (χ3v) is 1.54. The average Bonchev–Trinajstić information content (AvgIpc) is 1.67. The summed E-state index contributed by atoms with van der Waals surface area (Å²) in [6, 6.07) is 0. The minimum Gasteiger partial charge on any atom is -0.377 e. The first-order chi connectivity index (χ1) is 3.68. The molecular formula is C4H10O3S. The van der Waals surface area contributed by atoms with E-state index >= 15 is 0 Å². The fraction of sp³-hybridized carbons (Fsp3) is 1.00. The summed E-state index contributed by atoms with van der Waals surface area (Å²) in [4.78, 5) is 0. The standard InChI is InChI=1S/C4H10O3S/c1-2-3-4(5)8(6)7/h4-5,8H,2-3H2,1H3. The summed E-state index contributed by atoms with van der Waals surface area (Å²) in [7, 11) is -2.61. The molecule has 0 fully saturated rings. The quantitative estimate of drug-likeness (QED) is 0.527. The van der Waals surface area contributed by atoms with Crippen LogP contribution in [0.15, 0.2) is 0 Å². The molecule has 1 N–H and O–H groups in total. The fourth-order valence-electron chi connectivity index (χ4n) is 0.364. The van der Waals surface area contributed by atoms with Gasteiger partial charge in [-0.15, -0.1) is 0 Å². The Morgan fingerprint density at radius 1 is 1.62 bits per heavy atom. The molecule has 1 atom stereocenters.